The number of nitrogens with zero attached hydrogens (tertiary/aromatic N) is 6. The Balaban J connectivity index is 1.85. The number of likely N-dealkylation sites (N-methyl/N-ethyl adjacent to an activating group) is 1. The Morgan fingerprint density at radius 1 is 1.27 bits per heavy atom. The molecule has 13 nitrogen and oxygen atoms in total. The summed E-state index contributed by atoms with van der Waals surface area (Å²) in [5, 5.41) is 12.8. The number of ether oxygens (including phenoxy) is 3. The molecular formula is C27H37N8O5+. The molecule has 1 unspecified atom stereocenters. The normalized spacial score (nSPS) is 19.4. The number of aryl methyl sites for hydroxylation is 1. The lowest BCUT2D eigenvalue weighted by atomic mass is 9.98. The number of carbonyl (C=O) groups excluding carboxylic acids is 2. The number of amides is 3. The van der Waals surface area contributed by atoms with Crippen LogP contribution in [0.4, 0.5) is 22.1 Å². The Morgan fingerprint density at radius 3 is 2.70 bits per heavy atom. The van der Waals surface area contributed by atoms with Crippen LogP contribution in [-0.2, 0) is 32.0 Å². The smallest absolute Gasteiger partial charge is 0.383 e. The van der Waals surface area contributed by atoms with Gasteiger partial charge in [-0.25, -0.2) is 9.78 Å². The van der Waals surface area contributed by atoms with Crippen molar-refractivity contribution in [3.63, 3.8) is 0 Å². The molecule has 2 aliphatic heterocycles. The summed E-state index contributed by atoms with van der Waals surface area (Å²) in [7, 11) is 6.53. The third kappa shape index (κ3) is 5.63. The third-order valence-electron chi connectivity index (χ3n) is 7.41. The molecule has 1 fully saturated rings. The van der Waals surface area contributed by atoms with Gasteiger partial charge >= 0.3 is 6.03 Å². The molecule has 13 heteroatoms. The lowest BCUT2D eigenvalue weighted by Gasteiger charge is -2.37. The van der Waals surface area contributed by atoms with E-state index >= 15 is 0 Å². The minimum absolute atomic E-state index is 0.0290. The van der Waals surface area contributed by atoms with Gasteiger partial charge in [0.05, 0.1) is 30.6 Å². The number of hydrogen-bond acceptors (Lipinski definition) is 10. The number of nitrogens with one attached hydrogen (secondary N) is 1. The number of nitrogens with two attached hydrogens (primary N) is 1. The van der Waals surface area contributed by atoms with Crippen LogP contribution in [0.5, 0.6) is 0 Å². The second-order valence-corrected chi connectivity index (χ2v) is 9.97. The molecule has 3 amide bonds. The minimum Gasteiger partial charge on any atom is -0.383 e. The van der Waals surface area contributed by atoms with Crippen molar-refractivity contribution >= 4 is 29.3 Å². The predicted molar refractivity (Wildman–Crippen MR) is 147 cm³/mol. The predicted octanol–water partition coefficient (Wildman–Crippen LogP) is 1.64. The van der Waals surface area contributed by atoms with Crippen LogP contribution in [0.2, 0.25) is 0 Å². The van der Waals surface area contributed by atoms with E-state index in [1.54, 1.807) is 18.1 Å². The topological polar surface area (TPSA) is 156 Å². The van der Waals surface area contributed by atoms with Crippen molar-refractivity contribution in [2.45, 2.75) is 25.7 Å². The summed E-state index contributed by atoms with van der Waals surface area (Å²) in [6, 6.07) is 5.14. The molecule has 4 rings (SSSR count). The number of primary amides is 1. The zero-order chi connectivity index (χ0) is 28.9. The summed E-state index contributed by atoms with van der Waals surface area (Å²) in [5.41, 5.74) is 9.06. The maximum atomic E-state index is 13.4. The fourth-order valence-corrected chi connectivity index (χ4v) is 5.31. The number of pyridine rings is 2. The molecule has 0 aromatic carbocycles. The number of piperazine rings is 1. The molecule has 214 valence electrons. The number of fused-ring (bicyclic) bond motifs is 1. The van der Waals surface area contributed by atoms with Crippen molar-refractivity contribution < 1.29 is 23.8 Å². The molecule has 2 aromatic rings. The van der Waals surface area contributed by atoms with Gasteiger partial charge in [-0.15, -0.1) is 4.48 Å². The van der Waals surface area contributed by atoms with Gasteiger partial charge in [-0.3, -0.25) is 9.69 Å². The number of anilines is 1. The van der Waals surface area contributed by atoms with E-state index < -0.39 is 16.8 Å². The SMILES string of the molecule is COCCNc1cc([N+]2(C(N)=O)CCCc3cc(CN4CCN(C)CC4=O)c(C(OC)OC)nc32)ncc1C#N. The van der Waals surface area contributed by atoms with Gasteiger partial charge in [0.25, 0.3) is 0 Å². The molecule has 4 heterocycles. The number of hydrogen-bond donors (Lipinski definition) is 2. The van der Waals surface area contributed by atoms with E-state index in [1.807, 2.05) is 18.0 Å². The van der Waals surface area contributed by atoms with Gasteiger partial charge in [0.2, 0.25) is 23.8 Å². The molecule has 2 aliphatic rings. The fraction of sp³-hybridized carbons (Fsp3) is 0.519. The van der Waals surface area contributed by atoms with Gasteiger partial charge in [0, 0.05) is 65.6 Å². The first-order valence-corrected chi connectivity index (χ1v) is 13.2. The van der Waals surface area contributed by atoms with Crippen LogP contribution < -0.4 is 15.5 Å². The van der Waals surface area contributed by atoms with E-state index in [0.717, 1.165) is 17.7 Å². The zero-order valence-electron chi connectivity index (χ0n) is 23.5. The zero-order valence-corrected chi connectivity index (χ0v) is 23.5. The van der Waals surface area contributed by atoms with Crippen molar-refractivity contribution in [3.8, 4) is 6.07 Å². The van der Waals surface area contributed by atoms with Crippen LogP contribution in [0.15, 0.2) is 18.3 Å². The maximum Gasteiger partial charge on any atom is 0.426 e. The Bertz CT molecular complexity index is 1290. The molecule has 2 aromatic heterocycles. The summed E-state index contributed by atoms with van der Waals surface area (Å²) >= 11 is 0. The maximum absolute atomic E-state index is 13.4. The standard InChI is InChI=1S/C27H36N8O5/c1-33-8-9-34(23(36)17-33)16-19-12-18-6-5-10-35(27(29)37,25(18)32-24(19)26(39-3)40-4)22-13-21(30-7-11-38-2)20(14-28)15-31-22/h12-13,15,26H,5-11,16-17H2,1-4H3,(H2-,29,30,31,37)/p+1. The summed E-state index contributed by atoms with van der Waals surface area (Å²) in [5.74, 6) is 0.807. The second kappa shape index (κ2) is 12.7. The summed E-state index contributed by atoms with van der Waals surface area (Å²) in [4.78, 5) is 39.4. The van der Waals surface area contributed by atoms with Gasteiger partial charge in [0.15, 0.2) is 0 Å². The molecule has 0 bridgehead atoms. The third-order valence-corrected chi connectivity index (χ3v) is 7.41. The van der Waals surface area contributed by atoms with Crippen molar-refractivity contribution in [2.24, 2.45) is 5.73 Å². The van der Waals surface area contributed by atoms with Crippen LogP contribution in [0.3, 0.4) is 0 Å². The monoisotopic (exact) mass is 553 g/mol. The highest BCUT2D eigenvalue weighted by atomic mass is 16.7. The number of urea groups is 1. The van der Waals surface area contributed by atoms with Gasteiger partial charge in [-0.1, -0.05) is 0 Å². The van der Waals surface area contributed by atoms with Gasteiger partial charge in [-0.05, 0) is 25.1 Å². The molecule has 0 saturated carbocycles. The van der Waals surface area contributed by atoms with Crippen molar-refractivity contribution in [1.82, 2.24) is 24.3 Å². The van der Waals surface area contributed by atoms with E-state index in [9.17, 15) is 14.9 Å². The van der Waals surface area contributed by atoms with Crippen molar-refractivity contribution in [2.75, 3.05) is 73.0 Å². The minimum atomic E-state index is -0.834. The molecule has 0 spiro atoms. The second-order valence-electron chi connectivity index (χ2n) is 9.97. The number of quaternary nitrogens is 1. The molecule has 1 saturated heterocycles. The Kier molecular flexibility index (Phi) is 9.28. The van der Waals surface area contributed by atoms with E-state index in [0.29, 0.717) is 80.8 Å². The van der Waals surface area contributed by atoms with Crippen LogP contribution in [0.25, 0.3) is 0 Å². The average Bonchev–Trinajstić information content (AvgIpc) is 2.95. The Morgan fingerprint density at radius 2 is 2.05 bits per heavy atom. The van der Waals surface area contributed by atoms with Gasteiger partial charge in [-0.2, -0.15) is 10.2 Å². The molecular weight excluding hydrogens is 516 g/mol. The van der Waals surface area contributed by atoms with Crippen LogP contribution >= 0.6 is 0 Å². The fourth-order valence-electron chi connectivity index (χ4n) is 5.31. The van der Waals surface area contributed by atoms with Crippen LogP contribution in [-0.4, -0.2) is 99.4 Å². The first kappa shape index (κ1) is 29.3. The number of carbonyl (C=O) groups is 2. The summed E-state index contributed by atoms with van der Waals surface area (Å²) in [6.45, 7) is 3.27. The van der Waals surface area contributed by atoms with Crippen molar-refractivity contribution in [1.29, 1.82) is 5.26 Å². The Labute approximate surface area is 234 Å². The molecule has 1 atom stereocenters. The first-order chi connectivity index (χ1) is 19.3. The molecule has 0 aliphatic carbocycles. The number of nitriles is 1. The van der Waals surface area contributed by atoms with E-state index in [1.165, 1.54) is 20.4 Å². The number of aromatic nitrogens is 2. The lowest BCUT2D eigenvalue weighted by molar-refractivity contribution is -0.136. The number of methoxy groups -OCH3 is 3. The highest BCUT2D eigenvalue weighted by molar-refractivity contribution is 5.92. The summed E-state index contributed by atoms with van der Waals surface area (Å²) in [6.07, 6.45) is 1.91. The van der Waals surface area contributed by atoms with E-state index in [4.69, 9.17) is 24.9 Å². The average molecular weight is 554 g/mol. The quantitative estimate of drug-likeness (QED) is 0.252. The Hall–Kier alpha value is -3.67. The van der Waals surface area contributed by atoms with E-state index in [2.05, 4.69) is 16.4 Å². The highest BCUT2D eigenvalue weighted by Gasteiger charge is 2.48. The van der Waals surface area contributed by atoms with Gasteiger partial charge < -0.3 is 30.2 Å². The molecule has 3 N–H and O–H groups in total. The number of rotatable bonds is 10. The first-order valence-electron chi connectivity index (χ1n) is 13.2. The van der Waals surface area contributed by atoms with Crippen molar-refractivity contribution in [3.05, 3.63) is 40.7 Å². The lowest BCUT2D eigenvalue weighted by Crippen LogP contribution is -2.56. The highest BCUT2D eigenvalue weighted by Crippen LogP contribution is 2.42. The summed E-state index contributed by atoms with van der Waals surface area (Å²) < 4.78 is 15.9. The molecule has 40 heavy (non-hydrogen) atoms. The van der Waals surface area contributed by atoms with Gasteiger partial charge in [0.1, 0.15) is 18.3 Å². The van der Waals surface area contributed by atoms with E-state index in [-0.39, 0.29) is 5.91 Å². The molecule has 0 radical (unpaired) electrons. The van der Waals surface area contributed by atoms with Crippen LogP contribution in [0.1, 0.15) is 35.1 Å². The largest absolute Gasteiger partial charge is 0.426 e. The van der Waals surface area contributed by atoms with Crippen LogP contribution in [0, 0.1) is 11.3 Å².